The maximum atomic E-state index is 9.63. The molecule has 0 aliphatic rings. The lowest BCUT2D eigenvalue weighted by Gasteiger charge is -1.95. The Morgan fingerprint density at radius 2 is 1.75 bits per heavy atom. The number of aliphatic imine (C=N–C) groups is 1. The molecule has 5 heteroatoms. The zero-order valence-corrected chi connectivity index (χ0v) is 10.6. The van der Waals surface area contributed by atoms with Crippen molar-refractivity contribution in [2.24, 2.45) is 4.99 Å². The molecule has 2 N–H and O–H groups in total. The largest absolute Gasteiger partial charge is 0.507 e. The third-order valence-corrected chi connectivity index (χ3v) is 2.78. The van der Waals surface area contributed by atoms with E-state index in [1.807, 2.05) is 36.4 Å². The summed E-state index contributed by atoms with van der Waals surface area (Å²) < 4.78 is 0. The SMILES string of the molecule is Oc1ccccc1C=Nc1n[nH]c(-c2ccccc2)n1. The highest BCUT2D eigenvalue weighted by Crippen LogP contribution is 2.17. The molecule has 1 heterocycles. The summed E-state index contributed by atoms with van der Waals surface area (Å²) in [7, 11) is 0. The fraction of sp³-hybridized carbons (Fsp3) is 0. The second-order valence-electron chi connectivity index (χ2n) is 4.17. The summed E-state index contributed by atoms with van der Waals surface area (Å²) in [5, 5.41) is 16.5. The number of rotatable bonds is 3. The molecule has 0 radical (unpaired) electrons. The molecule has 3 rings (SSSR count). The molecule has 1 aromatic heterocycles. The Morgan fingerprint density at radius 3 is 2.55 bits per heavy atom. The number of H-pyrrole nitrogens is 1. The van der Waals surface area contributed by atoms with E-state index >= 15 is 0 Å². The van der Waals surface area contributed by atoms with E-state index in [1.165, 1.54) is 6.21 Å². The van der Waals surface area contributed by atoms with Gasteiger partial charge in [0.25, 0.3) is 5.95 Å². The summed E-state index contributed by atoms with van der Waals surface area (Å²) in [5.74, 6) is 1.16. The number of nitrogens with zero attached hydrogens (tertiary/aromatic N) is 3. The highest BCUT2D eigenvalue weighted by atomic mass is 16.3. The molecule has 0 saturated heterocycles. The second-order valence-corrected chi connectivity index (χ2v) is 4.17. The van der Waals surface area contributed by atoms with Gasteiger partial charge in [-0.1, -0.05) is 42.5 Å². The molecule has 20 heavy (non-hydrogen) atoms. The molecule has 0 aliphatic heterocycles. The first kappa shape index (κ1) is 12.1. The van der Waals surface area contributed by atoms with Crippen LogP contribution in [-0.2, 0) is 0 Å². The Labute approximate surface area is 115 Å². The Bertz CT molecular complexity index is 734. The normalized spacial score (nSPS) is 11.0. The maximum Gasteiger partial charge on any atom is 0.268 e. The van der Waals surface area contributed by atoms with Crippen molar-refractivity contribution in [1.29, 1.82) is 0 Å². The average molecular weight is 264 g/mol. The van der Waals surface area contributed by atoms with Crippen molar-refractivity contribution in [3.05, 3.63) is 60.2 Å². The summed E-state index contributed by atoms with van der Waals surface area (Å²) in [6, 6.07) is 16.6. The van der Waals surface area contributed by atoms with Crippen LogP contribution in [0.4, 0.5) is 5.95 Å². The van der Waals surface area contributed by atoms with Crippen LogP contribution in [0.15, 0.2) is 59.6 Å². The number of hydrogen-bond acceptors (Lipinski definition) is 4. The Morgan fingerprint density at radius 1 is 1.00 bits per heavy atom. The number of phenolic OH excluding ortho intramolecular Hbond substituents is 1. The molecule has 3 aromatic rings. The zero-order valence-electron chi connectivity index (χ0n) is 10.6. The minimum Gasteiger partial charge on any atom is -0.507 e. The van der Waals surface area contributed by atoms with Gasteiger partial charge in [0.1, 0.15) is 5.75 Å². The van der Waals surface area contributed by atoms with Crippen LogP contribution in [0, 0.1) is 0 Å². The summed E-state index contributed by atoms with van der Waals surface area (Å²) >= 11 is 0. The van der Waals surface area contributed by atoms with E-state index in [0.717, 1.165) is 5.56 Å². The van der Waals surface area contributed by atoms with Gasteiger partial charge < -0.3 is 5.11 Å². The lowest BCUT2D eigenvalue weighted by Crippen LogP contribution is -1.81. The van der Waals surface area contributed by atoms with Crippen LogP contribution >= 0.6 is 0 Å². The monoisotopic (exact) mass is 264 g/mol. The van der Waals surface area contributed by atoms with E-state index in [0.29, 0.717) is 17.3 Å². The smallest absolute Gasteiger partial charge is 0.268 e. The highest BCUT2D eigenvalue weighted by molar-refractivity contribution is 5.84. The van der Waals surface area contributed by atoms with Crippen molar-refractivity contribution in [2.75, 3.05) is 0 Å². The molecule has 98 valence electrons. The van der Waals surface area contributed by atoms with Gasteiger partial charge in [-0.2, -0.15) is 4.98 Å². The summed E-state index contributed by atoms with van der Waals surface area (Å²) in [6.07, 6.45) is 1.54. The lowest BCUT2D eigenvalue weighted by atomic mass is 10.2. The van der Waals surface area contributed by atoms with Gasteiger partial charge >= 0.3 is 0 Å². The van der Waals surface area contributed by atoms with Crippen molar-refractivity contribution in [2.45, 2.75) is 0 Å². The lowest BCUT2D eigenvalue weighted by molar-refractivity contribution is 0.474. The molecule has 0 spiro atoms. The predicted molar refractivity (Wildman–Crippen MR) is 77.2 cm³/mol. The molecule has 0 aliphatic carbocycles. The molecule has 0 bridgehead atoms. The van der Waals surface area contributed by atoms with Crippen LogP contribution in [-0.4, -0.2) is 26.5 Å². The highest BCUT2D eigenvalue weighted by Gasteiger charge is 2.03. The number of hydrogen-bond donors (Lipinski definition) is 2. The van der Waals surface area contributed by atoms with Crippen LogP contribution in [0.3, 0.4) is 0 Å². The van der Waals surface area contributed by atoms with Gasteiger partial charge in [0, 0.05) is 17.3 Å². The Hall–Kier alpha value is -2.95. The summed E-state index contributed by atoms with van der Waals surface area (Å²) in [6.45, 7) is 0. The fourth-order valence-corrected chi connectivity index (χ4v) is 1.76. The molecule has 0 unspecified atom stereocenters. The fourth-order valence-electron chi connectivity index (χ4n) is 1.76. The Kier molecular flexibility index (Phi) is 3.24. The van der Waals surface area contributed by atoms with Gasteiger partial charge in [0.2, 0.25) is 0 Å². The first-order valence-corrected chi connectivity index (χ1v) is 6.13. The quantitative estimate of drug-likeness (QED) is 0.714. The molecule has 0 atom stereocenters. The first-order valence-electron chi connectivity index (χ1n) is 6.13. The standard InChI is InChI=1S/C15H12N4O/c20-13-9-5-4-8-12(13)10-16-15-17-14(18-19-15)11-6-2-1-3-7-11/h1-10,20H,(H,17,18,19). The van der Waals surface area contributed by atoms with E-state index in [-0.39, 0.29) is 5.75 Å². The van der Waals surface area contributed by atoms with Crippen LogP contribution in [0.2, 0.25) is 0 Å². The van der Waals surface area contributed by atoms with Gasteiger partial charge in [-0.3, -0.25) is 5.10 Å². The third-order valence-electron chi connectivity index (χ3n) is 2.78. The van der Waals surface area contributed by atoms with Crippen LogP contribution in [0.5, 0.6) is 5.75 Å². The van der Waals surface area contributed by atoms with Crippen molar-refractivity contribution < 1.29 is 5.11 Å². The minimum atomic E-state index is 0.176. The molecule has 2 aromatic carbocycles. The van der Waals surface area contributed by atoms with Crippen molar-refractivity contribution in [3.8, 4) is 17.1 Å². The number of para-hydroxylation sites is 1. The van der Waals surface area contributed by atoms with E-state index in [9.17, 15) is 5.11 Å². The number of aromatic hydroxyl groups is 1. The topological polar surface area (TPSA) is 74.2 Å². The number of phenols is 1. The second kappa shape index (κ2) is 5.36. The van der Waals surface area contributed by atoms with Gasteiger partial charge in [-0.05, 0) is 12.1 Å². The summed E-state index contributed by atoms with van der Waals surface area (Å²) in [5.41, 5.74) is 1.57. The molecule has 0 saturated carbocycles. The molecular weight excluding hydrogens is 252 g/mol. The number of aromatic nitrogens is 3. The minimum absolute atomic E-state index is 0.176. The maximum absolute atomic E-state index is 9.63. The molecule has 5 nitrogen and oxygen atoms in total. The van der Waals surface area contributed by atoms with Crippen molar-refractivity contribution in [1.82, 2.24) is 15.2 Å². The number of aromatic amines is 1. The van der Waals surface area contributed by atoms with E-state index < -0.39 is 0 Å². The predicted octanol–water partition coefficient (Wildman–Crippen LogP) is 2.93. The van der Waals surface area contributed by atoms with Gasteiger partial charge in [-0.25, -0.2) is 4.99 Å². The van der Waals surface area contributed by atoms with Gasteiger partial charge in [0.15, 0.2) is 5.82 Å². The number of benzene rings is 2. The van der Waals surface area contributed by atoms with Gasteiger partial charge in [0.05, 0.1) is 0 Å². The van der Waals surface area contributed by atoms with E-state index in [4.69, 9.17) is 0 Å². The van der Waals surface area contributed by atoms with E-state index in [1.54, 1.807) is 18.2 Å². The van der Waals surface area contributed by atoms with Crippen LogP contribution in [0.25, 0.3) is 11.4 Å². The summed E-state index contributed by atoms with van der Waals surface area (Å²) in [4.78, 5) is 8.42. The van der Waals surface area contributed by atoms with Crippen molar-refractivity contribution in [3.63, 3.8) is 0 Å². The van der Waals surface area contributed by atoms with E-state index in [2.05, 4.69) is 20.2 Å². The molecule has 0 amide bonds. The molecular formula is C15H12N4O. The van der Waals surface area contributed by atoms with Gasteiger partial charge in [-0.15, -0.1) is 5.10 Å². The van der Waals surface area contributed by atoms with Crippen LogP contribution < -0.4 is 0 Å². The Balaban J connectivity index is 1.83. The number of nitrogens with one attached hydrogen (secondary N) is 1. The first-order chi connectivity index (χ1) is 9.83. The average Bonchev–Trinajstić information content (AvgIpc) is 2.96. The molecule has 0 fully saturated rings. The third kappa shape index (κ3) is 2.56. The zero-order chi connectivity index (χ0) is 13.8. The van der Waals surface area contributed by atoms with Crippen molar-refractivity contribution >= 4 is 12.2 Å². The van der Waals surface area contributed by atoms with Crippen LogP contribution in [0.1, 0.15) is 5.56 Å².